The summed E-state index contributed by atoms with van der Waals surface area (Å²) < 4.78 is 4.94. The predicted molar refractivity (Wildman–Crippen MR) is 61.8 cm³/mol. The monoisotopic (exact) mass is 201 g/mol. The van der Waals surface area contributed by atoms with Crippen LogP contribution in [0.1, 0.15) is 12.8 Å². The van der Waals surface area contributed by atoms with Crippen molar-refractivity contribution < 1.29 is 4.74 Å². The summed E-state index contributed by atoms with van der Waals surface area (Å²) in [4.78, 5) is 4.18. The third kappa shape index (κ3) is 3.03. The Bertz CT molecular complexity index is 337. The van der Waals surface area contributed by atoms with E-state index in [2.05, 4.69) is 17.1 Å². The van der Waals surface area contributed by atoms with Gasteiger partial charge in [-0.05, 0) is 25.0 Å². The summed E-state index contributed by atoms with van der Waals surface area (Å²) in [5.41, 5.74) is 1.06. The summed E-state index contributed by atoms with van der Waals surface area (Å²) in [6.07, 6.45) is 4.36. The Hall–Kier alpha value is -1.41. The standard InChI is InChI=1S/C9H7N.C4H8O/c1-2-6-9-8(4-1)5-3-7-10-9;1-2-4-5-3-1/h1-7H;1-4H2. The van der Waals surface area contributed by atoms with Crippen LogP contribution in [0, 0.1) is 0 Å². The quantitative estimate of drug-likeness (QED) is 0.653. The van der Waals surface area contributed by atoms with Crippen LogP contribution in [0.15, 0.2) is 42.6 Å². The minimum Gasteiger partial charge on any atom is -0.381 e. The maximum atomic E-state index is 4.94. The van der Waals surface area contributed by atoms with Crippen molar-refractivity contribution >= 4 is 10.9 Å². The van der Waals surface area contributed by atoms with Crippen molar-refractivity contribution in [3.63, 3.8) is 0 Å². The molecular formula is C13H15NO. The molecule has 0 saturated carbocycles. The Morgan fingerprint density at radius 3 is 2.33 bits per heavy atom. The third-order valence-electron chi connectivity index (χ3n) is 2.34. The molecule has 1 aromatic carbocycles. The first-order valence-electron chi connectivity index (χ1n) is 5.34. The number of aromatic nitrogens is 1. The van der Waals surface area contributed by atoms with Gasteiger partial charge in [-0.15, -0.1) is 0 Å². The van der Waals surface area contributed by atoms with E-state index in [4.69, 9.17) is 4.74 Å². The third-order valence-corrected chi connectivity index (χ3v) is 2.34. The van der Waals surface area contributed by atoms with Gasteiger partial charge in [-0.25, -0.2) is 0 Å². The molecule has 1 fully saturated rings. The summed E-state index contributed by atoms with van der Waals surface area (Å²) in [6, 6.07) is 12.1. The summed E-state index contributed by atoms with van der Waals surface area (Å²) in [5.74, 6) is 0. The first-order valence-corrected chi connectivity index (χ1v) is 5.34. The van der Waals surface area contributed by atoms with Gasteiger partial charge >= 0.3 is 0 Å². The first kappa shape index (κ1) is 10.1. The smallest absolute Gasteiger partial charge is 0.0701 e. The topological polar surface area (TPSA) is 22.1 Å². The normalized spacial score (nSPS) is 14.7. The molecule has 0 aliphatic carbocycles. The van der Waals surface area contributed by atoms with Crippen molar-refractivity contribution in [2.24, 2.45) is 0 Å². The molecule has 0 N–H and O–H groups in total. The fraction of sp³-hybridized carbons (Fsp3) is 0.308. The molecule has 0 amide bonds. The SMILES string of the molecule is C1CCOC1.c1ccc2ncccc2c1. The molecule has 0 radical (unpaired) electrons. The van der Waals surface area contributed by atoms with E-state index < -0.39 is 0 Å². The van der Waals surface area contributed by atoms with Crippen LogP contribution in [0.25, 0.3) is 10.9 Å². The Kier molecular flexibility index (Phi) is 3.69. The zero-order valence-corrected chi connectivity index (χ0v) is 8.73. The maximum Gasteiger partial charge on any atom is 0.0701 e. The highest BCUT2D eigenvalue weighted by molar-refractivity contribution is 5.77. The number of para-hydroxylation sites is 1. The van der Waals surface area contributed by atoms with Crippen LogP contribution in [0.2, 0.25) is 0 Å². The molecule has 15 heavy (non-hydrogen) atoms. The molecule has 1 saturated heterocycles. The molecule has 2 heteroatoms. The number of benzene rings is 1. The van der Waals surface area contributed by atoms with E-state index in [1.54, 1.807) is 0 Å². The molecule has 0 atom stereocenters. The molecule has 0 unspecified atom stereocenters. The molecular weight excluding hydrogens is 186 g/mol. The van der Waals surface area contributed by atoms with E-state index >= 15 is 0 Å². The zero-order valence-electron chi connectivity index (χ0n) is 8.73. The summed E-state index contributed by atoms with van der Waals surface area (Å²) in [7, 11) is 0. The van der Waals surface area contributed by atoms with Gasteiger partial charge in [-0.1, -0.05) is 24.3 Å². The van der Waals surface area contributed by atoms with Crippen LogP contribution >= 0.6 is 0 Å². The average Bonchev–Trinajstić information content (AvgIpc) is 2.88. The van der Waals surface area contributed by atoms with Crippen LogP contribution in [0.3, 0.4) is 0 Å². The van der Waals surface area contributed by atoms with Gasteiger partial charge in [0.25, 0.3) is 0 Å². The minimum absolute atomic E-state index is 1.00. The first-order chi connectivity index (χ1) is 7.47. The Balaban J connectivity index is 0.000000144. The second-order valence-corrected chi connectivity index (χ2v) is 3.52. The van der Waals surface area contributed by atoms with Crippen LogP contribution in [-0.2, 0) is 4.74 Å². The van der Waals surface area contributed by atoms with Crippen LogP contribution in [0.5, 0.6) is 0 Å². The largest absolute Gasteiger partial charge is 0.381 e. The molecule has 0 bridgehead atoms. The van der Waals surface area contributed by atoms with Crippen LogP contribution in [-0.4, -0.2) is 18.2 Å². The van der Waals surface area contributed by atoms with Crippen molar-refractivity contribution in [1.82, 2.24) is 4.98 Å². The van der Waals surface area contributed by atoms with Gasteiger partial charge in [0.15, 0.2) is 0 Å². The highest BCUT2D eigenvalue weighted by Crippen LogP contribution is 2.07. The lowest BCUT2D eigenvalue weighted by molar-refractivity contribution is 0.198. The van der Waals surface area contributed by atoms with E-state index in [9.17, 15) is 0 Å². The second kappa shape index (κ2) is 5.47. The predicted octanol–water partition coefficient (Wildman–Crippen LogP) is 3.03. The van der Waals surface area contributed by atoms with Gasteiger partial charge in [0.1, 0.15) is 0 Å². The summed E-state index contributed by atoms with van der Waals surface area (Å²) in [5, 5.41) is 1.20. The Labute approximate surface area is 89.9 Å². The summed E-state index contributed by atoms with van der Waals surface area (Å²) >= 11 is 0. The lowest BCUT2D eigenvalue weighted by Gasteiger charge is -1.91. The number of hydrogen-bond donors (Lipinski definition) is 0. The zero-order chi connectivity index (χ0) is 10.3. The van der Waals surface area contributed by atoms with E-state index in [0.29, 0.717) is 0 Å². The molecule has 2 aromatic rings. The number of nitrogens with zero attached hydrogens (tertiary/aromatic N) is 1. The van der Waals surface area contributed by atoms with Gasteiger partial charge in [0.05, 0.1) is 5.52 Å². The fourth-order valence-electron chi connectivity index (χ4n) is 1.53. The molecule has 0 spiro atoms. The van der Waals surface area contributed by atoms with Gasteiger partial charge in [-0.3, -0.25) is 4.98 Å². The Morgan fingerprint density at radius 2 is 1.67 bits per heavy atom. The van der Waals surface area contributed by atoms with Crippen LogP contribution < -0.4 is 0 Å². The maximum absolute atomic E-state index is 4.94. The fourth-order valence-corrected chi connectivity index (χ4v) is 1.53. The second-order valence-electron chi connectivity index (χ2n) is 3.52. The van der Waals surface area contributed by atoms with Crippen molar-refractivity contribution in [2.75, 3.05) is 13.2 Å². The molecule has 2 heterocycles. The number of pyridine rings is 1. The number of ether oxygens (including phenoxy) is 1. The van der Waals surface area contributed by atoms with Gasteiger partial charge < -0.3 is 4.74 Å². The van der Waals surface area contributed by atoms with E-state index in [1.165, 1.54) is 18.2 Å². The van der Waals surface area contributed by atoms with Gasteiger partial charge in [0.2, 0.25) is 0 Å². The molecule has 1 aromatic heterocycles. The molecule has 2 nitrogen and oxygen atoms in total. The average molecular weight is 201 g/mol. The molecule has 78 valence electrons. The van der Waals surface area contributed by atoms with Crippen molar-refractivity contribution in [3.05, 3.63) is 42.6 Å². The van der Waals surface area contributed by atoms with Crippen molar-refractivity contribution in [1.29, 1.82) is 0 Å². The van der Waals surface area contributed by atoms with Crippen molar-refractivity contribution in [2.45, 2.75) is 12.8 Å². The minimum atomic E-state index is 1.00. The Morgan fingerprint density at radius 1 is 0.933 bits per heavy atom. The number of rotatable bonds is 0. The van der Waals surface area contributed by atoms with E-state index in [0.717, 1.165) is 18.7 Å². The molecule has 1 aliphatic rings. The molecule has 1 aliphatic heterocycles. The van der Waals surface area contributed by atoms with Gasteiger partial charge in [0, 0.05) is 24.8 Å². The van der Waals surface area contributed by atoms with Crippen molar-refractivity contribution in [3.8, 4) is 0 Å². The van der Waals surface area contributed by atoms with E-state index in [1.807, 2.05) is 30.5 Å². The van der Waals surface area contributed by atoms with Gasteiger partial charge in [-0.2, -0.15) is 0 Å². The number of hydrogen-bond acceptors (Lipinski definition) is 2. The number of fused-ring (bicyclic) bond motifs is 1. The lowest BCUT2D eigenvalue weighted by Crippen LogP contribution is -1.74. The highest BCUT2D eigenvalue weighted by atomic mass is 16.5. The summed E-state index contributed by atoms with van der Waals surface area (Å²) in [6.45, 7) is 2.00. The van der Waals surface area contributed by atoms with Crippen LogP contribution in [0.4, 0.5) is 0 Å². The van der Waals surface area contributed by atoms with E-state index in [-0.39, 0.29) is 0 Å². The molecule has 3 rings (SSSR count). The lowest BCUT2D eigenvalue weighted by atomic mass is 10.2. The highest BCUT2D eigenvalue weighted by Gasteiger charge is 1.94.